The van der Waals surface area contributed by atoms with Crippen molar-refractivity contribution in [1.82, 2.24) is 4.90 Å². The first-order valence-electron chi connectivity index (χ1n) is 7.87. The van der Waals surface area contributed by atoms with Crippen molar-refractivity contribution in [1.29, 1.82) is 0 Å². The number of benzene rings is 2. The maximum Gasteiger partial charge on any atom is 0.242 e. The van der Waals surface area contributed by atoms with Crippen LogP contribution in [-0.2, 0) is 9.59 Å². The van der Waals surface area contributed by atoms with Crippen molar-refractivity contribution in [2.45, 2.75) is 11.7 Å². The lowest BCUT2D eigenvalue weighted by Crippen LogP contribution is -2.30. The monoisotopic (exact) mass is 425 g/mol. The van der Waals surface area contributed by atoms with Crippen LogP contribution in [0.5, 0.6) is 0 Å². The molecule has 5 nitrogen and oxygen atoms in total. The first-order valence-corrected chi connectivity index (χ1v) is 9.50. The third-order valence-corrected chi connectivity index (χ3v) is 5.54. The van der Waals surface area contributed by atoms with E-state index in [4.69, 9.17) is 23.2 Å². The van der Waals surface area contributed by atoms with Crippen molar-refractivity contribution in [3.63, 3.8) is 0 Å². The number of hydrogen-bond acceptors (Lipinski definition) is 4. The number of hydrogen-bond donors (Lipinski definition) is 1. The van der Waals surface area contributed by atoms with Crippen LogP contribution < -0.4 is 5.32 Å². The summed E-state index contributed by atoms with van der Waals surface area (Å²) in [6.45, 7) is 0. The number of rotatable bonds is 4. The molecular formula is C18H14Cl2FN3O2S. The molecule has 0 aliphatic carbocycles. The van der Waals surface area contributed by atoms with E-state index in [1.54, 1.807) is 19.2 Å². The van der Waals surface area contributed by atoms with Gasteiger partial charge in [-0.25, -0.2) is 9.38 Å². The number of carbonyl (C=O) groups is 2. The van der Waals surface area contributed by atoms with E-state index in [9.17, 15) is 14.0 Å². The Morgan fingerprint density at radius 2 is 1.96 bits per heavy atom. The first-order chi connectivity index (χ1) is 12.8. The van der Waals surface area contributed by atoms with E-state index in [1.165, 1.54) is 47.0 Å². The number of aliphatic imine (C=N–C) groups is 1. The van der Waals surface area contributed by atoms with Crippen molar-refractivity contribution in [3.8, 4) is 0 Å². The summed E-state index contributed by atoms with van der Waals surface area (Å²) in [4.78, 5) is 30.4. The highest BCUT2D eigenvalue weighted by molar-refractivity contribution is 8.15. The molecule has 1 fully saturated rings. The lowest BCUT2D eigenvalue weighted by molar-refractivity contribution is -0.127. The van der Waals surface area contributed by atoms with E-state index in [2.05, 4.69) is 10.3 Å². The Labute approximate surface area is 169 Å². The Kier molecular flexibility index (Phi) is 6.04. The van der Waals surface area contributed by atoms with Gasteiger partial charge in [-0.1, -0.05) is 35.0 Å². The minimum Gasteiger partial charge on any atom is -0.325 e. The van der Waals surface area contributed by atoms with Gasteiger partial charge in [0.25, 0.3) is 0 Å². The van der Waals surface area contributed by atoms with Gasteiger partial charge >= 0.3 is 0 Å². The summed E-state index contributed by atoms with van der Waals surface area (Å²) >= 11 is 13.1. The van der Waals surface area contributed by atoms with Crippen LogP contribution in [0.15, 0.2) is 47.5 Å². The first kappa shape index (κ1) is 19.7. The van der Waals surface area contributed by atoms with Gasteiger partial charge in [0.1, 0.15) is 11.1 Å². The number of nitrogens with one attached hydrogen (secondary N) is 1. The van der Waals surface area contributed by atoms with E-state index in [-0.39, 0.29) is 24.1 Å². The molecule has 1 saturated heterocycles. The average Bonchev–Trinajstić information content (AvgIpc) is 2.87. The van der Waals surface area contributed by atoms with Crippen molar-refractivity contribution >= 4 is 63.3 Å². The third-order valence-electron chi connectivity index (χ3n) is 3.77. The zero-order valence-corrected chi connectivity index (χ0v) is 16.4. The number of amidine groups is 1. The standard InChI is InChI=1S/C18H14Cl2FN3O2S/c1-24-17(26)15(27-18(24)22-12-5-3-11(21)4-6-12)9-16(25)23-14-7-2-10(19)8-13(14)20/h2-8,15H,9H2,1H3,(H,23,25)/t15-/m0/s1. The number of anilines is 1. The Bertz CT molecular complexity index is 921. The second-order valence-electron chi connectivity index (χ2n) is 5.75. The molecule has 2 aromatic carbocycles. The van der Waals surface area contributed by atoms with Gasteiger partial charge in [0.15, 0.2) is 5.17 Å². The summed E-state index contributed by atoms with van der Waals surface area (Å²) in [6.07, 6.45) is -0.0325. The van der Waals surface area contributed by atoms with Crippen molar-refractivity contribution in [2.24, 2.45) is 4.99 Å². The number of amides is 2. The van der Waals surface area contributed by atoms with Crippen LogP contribution in [0.1, 0.15) is 6.42 Å². The minimum atomic E-state index is -0.597. The number of thioether (sulfide) groups is 1. The molecule has 0 aromatic heterocycles. The zero-order chi connectivity index (χ0) is 19.6. The fraction of sp³-hybridized carbons (Fsp3) is 0.167. The second-order valence-corrected chi connectivity index (χ2v) is 7.76. The van der Waals surface area contributed by atoms with Crippen LogP contribution in [-0.4, -0.2) is 34.2 Å². The summed E-state index contributed by atoms with van der Waals surface area (Å²) in [7, 11) is 1.59. The van der Waals surface area contributed by atoms with Gasteiger partial charge in [-0.3, -0.25) is 14.5 Å². The normalized spacial score (nSPS) is 18.2. The summed E-state index contributed by atoms with van der Waals surface area (Å²) in [5.41, 5.74) is 0.951. The zero-order valence-electron chi connectivity index (χ0n) is 14.1. The lowest BCUT2D eigenvalue weighted by atomic mass is 10.2. The fourth-order valence-electron chi connectivity index (χ4n) is 2.38. The van der Waals surface area contributed by atoms with Crippen LogP contribution in [0.4, 0.5) is 15.8 Å². The molecule has 1 heterocycles. The smallest absolute Gasteiger partial charge is 0.242 e. The van der Waals surface area contributed by atoms with Gasteiger partial charge < -0.3 is 5.32 Å². The molecule has 140 valence electrons. The highest BCUT2D eigenvalue weighted by Crippen LogP contribution is 2.31. The van der Waals surface area contributed by atoms with Gasteiger partial charge in [-0.15, -0.1) is 0 Å². The van der Waals surface area contributed by atoms with Crippen LogP contribution >= 0.6 is 35.0 Å². The van der Waals surface area contributed by atoms with Crippen molar-refractivity contribution in [2.75, 3.05) is 12.4 Å². The number of carbonyl (C=O) groups excluding carboxylic acids is 2. The molecule has 27 heavy (non-hydrogen) atoms. The molecule has 1 atom stereocenters. The number of nitrogens with zero attached hydrogens (tertiary/aromatic N) is 2. The largest absolute Gasteiger partial charge is 0.325 e. The molecular weight excluding hydrogens is 412 g/mol. The summed E-state index contributed by atoms with van der Waals surface area (Å²) in [5, 5.41) is 3.31. The maximum atomic E-state index is 13.0. The molecule has 0 saturated carbocycles. The Morgan fingerprint density at radius 1 is 1.26 bits per heavy atom. The predicted octanol–water partition coefficient (Wildman–Crippen LogP) is 4.72. The highest BCUT2D eigenvalue weighted by Gasteiger charge is 2.37. The average molecular weight is 426 g/mol. The van der Waals surface area contributed by atoms with E-state index in [0.29, 0.717) is 26.6 Å². The molecule has 0 bridgehead atoms. The molecule has 0 spiro atoms. The van der Waals surface area contributed by atoms with E-state index in [0.717, 1.165) is 0 Å². The van der Waals surface area contributed by atoms with Gasteiger partial charge in [0.2, 0.25) is 11.8 Å². The van der Waals surface area contributed by atoms with E-state index < -0.39 is 5.25 Å². The SMILES string of the molecule is CN1C(=O)[C@H](CC(=O)Nc2ccc(Cl)cc2Cl)SC1=Nc1ccc(F)cc1. The summed E-state index contributed by atoms with van der Waals surface area (Å²) in [5.74, 6) is -0.933. The Balaban J connectivity index is 1.67. The van der Waals surface area contributed by atoms with Gasteiger partial charge in [-0.05, 0) is 42.5 Å². The van der Waals surface area contributed by atoms with Crippen LogP contribution in [0.25, 0.3) is 0 Å². The third kappa shape index (κ3) is 4.80. The summed E-state index contributed by atoms with van der Waals surface area (Å²) < 4.78 is 13.0. The molecule has 0 radical (unpaired) electrons. The minimum absolute atomic E-state index is 0.0325. The number of halogens is 3. The van der Waals surface area contributed by atoms with Crippen LogP contribution in [0, 0.1) is 5.82 Å². The van der Waals surface area contributed by atoms with Crippen molar-refractivity contribution in [3.05, 3.63) is 58.3 Å². The molecule has 1 N–H and O–H groups in total. The predicted molar refractivity (Wildman–Crippen MR) is 107 cm³/mol. The quantitative estimate of drug-likeness (QED) is 0.770. The van der Waals surface area contributed by atoms with Crippen LogP contribution in [0.2, 0.25) is 10.0 Å². The fourth-order valence-corrected chi connectivity index (χ4v) is 3.99. The highest BCUT2D eigenvalue weighted by atomic mass is 35.5. The molecule has 1 aliphatic rings. The molecule has 2 amide bonds. The van der Waals surface area contributed by atoms with E-state index in [1.807, 2.05) is 0 Å². The maximum absolute atomic E-state index is 13.0. The molecule has 2 aromatic rings. The van der Waals surface area contributed by atoms with Crippen molar-refractivity contribution < 1.29 is 14.0 Å². The van der Waals surface area contributed by atoms with E-state index >= 15 is 0 Å². The molecule has 3 rings (SSSR count). The van der Waals surface area contributed by atoms with Gasteiger partial charge in [-0.2, -0.15) is 0 Å². The summed E-state index contributed by atoms with van der Waals surface area (Å²) in [6, 6.07) is 10.4. The molecule has 0 unspecified atom stereocenters. The second kappa shape index (κ2) is 8.29. The van der Waals surface area contributed by atoms with Gasteiger partial charge in [0.05, 0.1) is 16.4 Å². The Morgan fingerprint density at radius 3 is 2.63 bits per heavy atom. The van der Waals surface area contributed by atoms with Gasteiger partial charge in [0, 0.05) is 18.5 Å². The van der Waals surface area contributed by atoms with Crippen LogP contribution in [0.3, 0.4) is 0 Å². The Hall–Kier alpha value is -2.09. The molecule has 1 aliphatic heterocycles. The topological polar surface area (TPSA) is 61.8 Å². The molecule has 9 heteroatoms. The lowest BCUT2D eigenvalue weighted by Gasteiger charge is -2.10.